The lowest BCUT2D eigenvalue weighted by Crippen LogP contribution is -2.13. The maximum atomic E-state index is 11.5. The third-order valence-electron chi connectivity index (χ3n) is 3.47. The summed E-state index contributed by atoms with van der Waals surface area (Å²) in [7, 11) is 0. The summed E-state index contributed by atoms with van der Waals surface area (Å²) in [5.41, 5.74) is 2.94. The highest BCUT2D eigenvalue weighted by molar-refractivity contribution is 5.76. The van der Waals surface area contributed by atoms with Gasteiger partial charge in [-0.2, -0.15) is 5.10 Å². The Morgan fingerprint density at radius 2 is 2.05 bits per heavy atom. The molecule has 0 saturated carbocycles. The van der Waals surface area contributed by atoms with Crippen LogP contribution in [0.5, 0.6) is 0 Å². The molecule has 1 atom stereocenters. The minimum absolute atomic E-state index is 0.461. The molecular weight excluding hydrogens is 252 g/mol. The summed E-state index contributed by atoms with van der Waals surface area (Å²) >= 11 is 0. The maximum Gasteiger partial charge on any atom is 0.310 e. The van der Waals surface area contributed by atoms with Crippen molar-refractivity contribution in [2.75, 3.05) is 0 Å². The van der Waals surface area contributed by atoms with E-state index >= 15 is 0 Å². The Labute approximate surface area is 119 Å². The first-order chi connectivity index (χ1) is 9.61. The van der Waals surface area contributed by atoms with Gasteiger partial charge in [-0.25, -0.2) is 0 Å². The number of benzene rings is 1. The van der Waals surface area contributed by atoms with Crippen molar-refractivity contribution in [2.24, 2.45) is 0 Å². The zero-order valence-corrected chi connectivity index (χ0v) is 11.9. The number of aromatic nitrogens is 2. The van der Waals surface area contributed by atoms with Crippen LogP contribution in [0.1, 0.15) is 36.2 Å². The molecule has 4 heteroatoms. The first kappa shape index (κ1) is 14.3. The molecule has 0 fully saturated rings. The molecule has 1 aromatic carbocycles. The average molecular weight is 272 g/mol. The predicted molar refractivity (Wildman–Crippen MR) is 77.8 cm³/mol. The molecule has 0 radical (unpaired) electrons. The first-order valence-corrected chi connectivity index (χ1v) is 6.93. The van der Waals surface area contributed by atoms with Gasteiger partial charge in [-0.15, -0.1) is 0 Å². The molecule has 0 aliphatic rings. The van der Waals surface area contributed by atoms with Gasteiger partial charge in [0.05, 0.1) is 11.6 Å². The molecule has 1 N–H and O–H groups in total. The van der Waals surface area contributed by atoms with Crippen molar-refractivity contribution in [3.05, 3.63) is 53.3 Å². The van der Waals surface area contributed by atoms with E-state index in [0.717, 1.165) is 29.9 Å². The Morgan fingerprint density at radius 1 is 1.35 bits per heavy atom. The first-order valence-electron chi connectivity index (χ1n) is 6.93. The number of aryl methyl sites for hydroxylation is 3. The lowest BCUT2D eigenvalue weighted by atomic mass is 9.93. The van der Waals surface area contributed by atoms with Crippen LogP contribution < -0.4 is 0 Å². The molecule has 20 heavy (non-hydrogen) atoms. The summed E-state index contributed by atoms with van der Waals surface area (Å²) in [5.74, 6) is -1.23. The van der Waals surface area contributed by atoms with Gasteiger partial charge < -0.3 is 5.11 Å². The SMILES string of the molecule is CCn1nc(C)cc1CCC(C(=O)O)c1ccccc1. The van der Waals surface area contributed by atoms with Crippen LogP contribution in [0.4, 0.5) is 0 Å². The van der Waals surface area contributed by atoms with Crippen LogP contribution in [0.3, 0.4) is 0 Å². The normalized spacial score (nSPS) is 12.3. The average Bonchev–Trinajstić information content (AvgIpc) is 2.80. The fraction of sp³-hybridized carbons (Fsp3) is 0.375. The molecule has 106 valence electrons. The van der Waals surface area contributed by atoms with Crippen LogP contribution in [0, 0.1) is 6.92 Å². The van der Waals surface area contributed by atoms with Crippen LogP contribution in [-0.2, 0) is 17.8 Å². The second-order valence-electron chi connectivity index (χ2n) is 4.93. The van der Waals surface area contributed by atoms with E-state index in [1.807, 2.05) is 54.9 Å². The molecule has 2 aromatic rings. The quantitative estimate of drug-likeness (QED) is 0.879. The third kappa shape index (κ3) is 3.26. The van der Waals surface area contributed by atoms with Gasteiger partial charge in [0.15, 0.2) is 0 Å². The largest absolute Gasteiger partial charge is 0.481 e. The number of carbonyl (C=O) groups is 1. The highest BCUT2D eigenvalue weighted by atomic mass is 16.4. The summed E-state index contributed by atoms with van der Waals surface area (Å²) in [6.07, 6.45) is 1.31. The lowest BCUT2D eigenvalue weighted by Gasteiger charge is -2.13. The number of nitrogens with zero attached hydrogens (tertiary/aromatic N) is 2. The molecule has 1 heterocycles. The molecule has 0 saturated heterocycles. The molecule has 0 spiro atoms. The number of rotatable bonds is 6. The number of aliphatic carboxylic acids is 1. The van der Waals surface area contributed by atoms with Gasteiger partial charge in [0.2, 0.25) is 0 Å². The molecule has 0 amide bonds. The summed E-state index contributed by atoms with van der Waals surface area (Å²) < 4.78 is 1.94. The van der Waals surface area contributed by atoms with Crippen molar-refractivity contribution in [3.63, 3.8) is 0 Å². The van der Waals surface area contributed by atoms with Gasteiger partial charge >= 0.3 is 5.97 Å². The molecule has 0 aliphatic heterocycles. The van der Waals surface area contributed by atoms with E-state index in [1.54, 1.807) is 0 Å². The van der Waals surface area contributed by atoms with Crippen molar-refractivity contribution in [3.8, 4) is 0 Å². The topological polar surface area (TPSA) is 55.1 Å². The van der Waals surface area contributed by atoms with Gasteiger partial charge in [0.1, 0.15) is 0 Å². The number of carboxylic acid groups (broad SMARTS) is 1. The standard InChI is InChI=1S/C16H20N2O2/c1-3-18-14(11-12(2)17-18)9-10-15(16(19)20)13-7-5-4-6-8-13/h4-8,11,15H,3,9-10H2,1-2H3,(H,19,20). The smallest absolute Gasteiger partial charge is 0.310 e. The van der Waals surface area contributed by atoms with Gasteiger partial charge in [0, 0.05) is 12.2 Å². The fourth-order valence-electron chi connectivity index (χ4n) is 2.48. The fourth-order valence-corrected chi connectivity index (χ4v) is 2.48. The van der Waals surface area contributed by atoms with Crippen LogP contribution in [-0.4, -0.2) is 20.9 Å². The van der Waals surface area contributed by atoms with Gasteiger partial charge in [-0.1, -0.05) is 30.3 Å². The second-order valence-corrected chi connectivity index (χ2v) is 4.93. The van der Waals surface area contributed by atoms with E-state index in [2.05, 4.69) is 5.10 Å². The summed E-state index contributed by atoms with van der Waals surface area (Å²) in [4.78, 5) is 11.5. The van der Waals surface area contributed by atoms with Crippen LogP contribution >= 0.6 is 0 Å². The van der Waals surface area contributed by atoms with E-state index in [9.17, 15) is 9.90 Å². The molecule has 1 unspecified atom stereocenters. The lowest BCUT2D eigenvalue weighted by molar-refractivity contribution is -0.138. The van der Waals surface area contributed by atoms with Crippen molar-refractivity contribution in [2.45, 2.75) is 39.2 Å². The number of carboxylic acids is 1. The summed E-state index contributed by atoms with van der Waals surface area (Å²) in [6.45, 7) is 4.82. The number of hydrogen-bond acceptors (Lipinski definition) is 2. The van der Waals surface area contributed by atoms with Crippen molar-refractivity contribution in [1.82, 2.24) is 9.78 Å². The van der Waals surface area contributed by atoms with Crippen LogP contribution in [0.2, 0.25) is 0 Å². The van der Waals surface area contributed by atoms with E-state index in [4.69, 9.17) is 0 Å². The highest BCUT2D eigenvalue weighted by Crippen LogP contribution is 2.22. The molecule has 4 nitrogen and oxygen atoms in total. The second kappa shape index (κ2) is 6.37. The Kier molecular flexibility index (Phi) is 4.56. The predicted octanol–water partition coefficient (Wildman–Crippen LogP) is 3.01. The Balaban J connectivity index is 2.12. The zero-order valence-electron chi connectivity index (χ0n) is 11.9. The van der Waals surface area contributed by atoms with Crippen molar-refractivity contribution < 1.29 is 9.90 Å². The zero-order chi connectivity index (χ0) is 14.5. The van der Waals surface area contributed by atoms with Crippen molar-refractivity contribution >= 4 is 5.97 Å². The minimum Gasteiger partial charge on any atom is -0.481 e. The Morgan fingerprint density at radius 3 is 2.65 bits per heavy atom. The minimum atomic E-state index is -0.768. The molecule has 0 bridgehead atoms. The summed E-state index contributed by atoms with van der Waals surface area (Å²) in [6, 6.07) is 11.4. The van der Waals surface area contributed by atoms with Crippen molar-refractivity contribution in [1.29, 1.82) is 0 Å². The van der Waals surface area contributed by atoms with E-state index in [0.29, 0.717) is 6.42 Å². The molecule has 0 aliphatic carbocycles. The number of hydrogen-bond donors (Lipinski definition) is 1. The molecule has 2 rings (SSSR count). The van der Waals surface area contributed by atoms with E-state index in [1.165, 1.54) is 0 Å². The van der Waals surface area contributed by atoms with E-state index < -0.39 is 11.9 Å². The van der Waals surface area contributed by atoms with Crippen LogP contribution in [0.15, 0.2) is 36.4 Å². The summed E-state index contributed by atoms with van der Waals surface area (Å²) in [5, 5.41) is 13.8. The van der Waals surface area contributed by atoms with Gasteiger partial charge in [0.25, 0.3) is 0 Å². The monoisotopic (exact) mass is 272 g/mol. The van der Waals surface area contributed by atoms with Gasteiger partial charge in [-0.3, -0.25) is 9.48 Å². The maximum absolute atomic E-state index is 11.5. The highest BCUT2D eigenvalue weighted by Gasteiger charge is 2.20. The van der Waals surface area contributed by atoms with E-state index in [-0.39, 0.29) is 0 Å². The molecular formula is C16H20N2O2. The molecule has 1 aromatic heterocycles. The Hall–Kier alpha value is -2.10. The van der Waals surface area contributed by atoms with Gasteiger partial charge in [-0.05, 0) is 38.3 Å². The third-order valence-corrected chi connectivity index (χ3v) is 3.47. The van der Waals surface area contributed by atoms with Crippen LogP contribution in [0.25, 0.3) is 0 Å². The Bertz CT molecular complexity index is 575.